The Kier molecular flexibility index (Phi) is 1.93. The molecule has 4 heteroatoms. The minimum absolute atomic E-state index is 0.641. The molecule has 0 amide bonds. The van der Waals surface area contributed by atoms with Gasteiger partial charge in [-0.15, -0.1) is 0 Å². The molecule has 62 valence electrons. The third-order valence-corrected chi connectivity index (χ3v) is 4.35. The summed E-state index contributed by atoms with van der Waals surface area (Å²) in [5.74, 6) is 0. The first-order valence-corrected chi connectivity index (χ1v) is 5.63. The third kappa shape index (κ3) is 1.25. The fourth-order valence-corrected chi connectivity index (χ4v) is 2.78. The number of nitrogens with zero attached hydrogens (tertiary/aromatic N) is 1. The standard InChI is InChI=1S/C7H12N2OS/c1-11(9,10)7(6-8)4-2-3-5-7/h9H,2-5H2,1H3. The second-order valence-corrected chi connectivity index (χ2v) is 5.63. The van der Waals surface area contributed by atoms with Gasteiger partial charge in [-0.25, -0.2) is 4.21 Å². The Morgan fingerprint density at radius 3 is 2.18 bits per heavy atom. The molecular formula is C7H12N2OS. The molecule has 3 nitrogen and oxygen atoms in total. The lowest BCUT2D eigenvalue weighted by Crippen LogP contribution is -2.31. The highest BCUT2D eigenvalue weighted by atomic mass is 32.2. The summed E-state index contributed by atoms with van der Waals surface area (Å²) in [5.41, 5.74) is 0. The van der Waals surface area contributed by atoms with Gasteiger partial charge in [0.25, 0.3) is 0 Å². The Morgan fingerprint density at radius 2 is 2.00 bits per heavy atom. The van der Waals surface area contributed by atoms with Crippen LogP contribution in [0.5, 0.6) is 0 Å². The van der Waals surface area contributed by atoms with Crippen LogP contribution in [0.2, 0.25) is 0 Å². The van der Waals surface area contributed by atoms with Gasteiger partial charge >= 0.3 is 0 Å². The molecule has 1 fully saturated rings. The topological polar surface area (TPSA) is 64.7 Å². The van der Waals surface area contributed by atoms with Crippen molar-refractivity contribution in [3.63, 3.8) is 0 Å². The minimum atomic E-state index is -2.68. The number of rotatable bonds is 1. The second-order valence-electron chi connectivity index (χ2n) is 3.16. The largest absolute Gasteiger partial charge is 0.252 e. The highest BCUT2D eigenvalue weighted by molar-refractivity contribution is 7.93. The van der Waals surface area contributed by atoms with E-state index < -0.39 is 14.5 Å². The molecule has 0 saturated heterocycles. The number of nitrogens with one attached hydrogen (secondary N) is 1. The zero-order chi connectivity index (χ0) is 8.54. The van der Waals surface area contributed by atoms with E-state index in [1.165, 1.54) is 6.26 Å². The van der Waals surface area contributed by atoms with E-state index in [1.807, 2.05) is 0 Å². The van der Waals surface area contributed by atoms with Gasteiger partial charge in [-0.2, -0.15) is 5.26 Å². The molecule has 1 atom stereocenters. The summed E-state index contributed by atoms with van der Waals surface area (Å²) in [4.78, 5) is 0. The molecule has 1 rings (SSSR count). The SMILES string of the molecule is CS(=N)(=O)C1(C#N)CCCC1. The molecule has 1 saturated carbocycles. The summed E-state index contributed by atoms with van der Waals surface area (Å²) < 4.78 is 17.9. The zero-order valence-corrected chi connectivity index (χ0v) is 7.41. The monoisotopic (exact) mass is 172 g/mol. The Hall–Kier alpha value is -0.560. The van der Waals surface area contributed by atoms with Crippen molar-refractivity contribution in [1.82, 2.24) is 0 Å². The molecule has 1 aliphatic rings. The van der Waals surface area contributed by atoms with Crippen LogP contribution >= 0.6 is 0 Å². The van der Waals surface area contributed by atoms with E-state index in [2.05, 4.69) is 6.07 Å². The maximum atomic E-state index is 11.4. The highest BCUT2D eigenvalue weighted by Crippen LogP contribution is 2.35. The third-order valence-electron chi connectivity index (χ3n) is 2.36. The predicted molar refractivity (Wildman–Crippen MR) is 43.6 cm³/mol. The van der Waals surface area contributed by atoms with Crippen molar-refractivity contribution in [2.75, 3.05) is 6.26 Å². The van der Waals surface area contributed by atoms with Gasteiger partial charge in [0, 0.05) is 6.26 Å². The summed E-state index contributed by atoms with van der Waals surface area (Å²) in [5, 5.41) is 8.80. The molecule has 1 N–H and O–H groups in total. The zero-order valence-electron chi connectivity index (χ0n) is 6.59. The lowest BCUT2D eigenvalue weighted by Gasteiger charge is -2.19. The lowest BCUT2D eigenvalue weighted by atomic mass is 10.1. The van der Waals surface area contributed by atoms with Crippen molar-refractivity contribution in [2.24, 2.45) is 0 Å². The molecule has 0 aromatic rings. The second kappa shape index (κ2) is 2.49. The van der Waals surface area contributed by atoms with Crippen LogP contribution < -0.4 is 0 Å². The number of hydrogen-bond acceptors (Lipinski definition) is 3. The Morgan fingerprint density at radius 1 is 1.55 bits per heavy atom. The van der Waals surface area contributed by atoms with Crippen molar-refractivity contribution < 1.29 is 4.21 Å². The quantitative estimate of drug-likeness (QED) is 0.651. The summed E-state index contributed by atoms with van der Waals surface area (Å²) in [6, 6.07) is 2.05. The van der Waals surface area contributed by atoms with Crippen molar-refractivity contribution in [3.8, 4) is 6.07 Å². The van der Waals surface area contributed by atoms with Gasteiger partial charge in [0.2, 0.25) is 0 Å². The van der Waals surface area contributed by atoms with E-state index in [9.17, 15) is 4.21 Å². The Bertz CT molecular complexity index is 280. The smallest absolute Gasteiger partial charge is 0.140 e. The Labute approximate surface area is 67.4 Å². The van der Waals surface area contributed by atoms with Gasteiger partial charge in [-0.05, 0) is 12.8 Å². The average molecular weight is 172 g/mol. The molecule has 0 heterocycles. The summed E-state index contributed by atoms with van der Waals surface area (Å²) >= 11 is 0. The van der Waals surface area contributed by atoms with Crippen LogP contribution in [0.1, 0.15) is 25.7 Å². The first-order chi connectivity index (χ1) is 5.02. The van der Waals surface area contributed by atoms with Crippen LogP contribution in [-0.2, 0) is 9.73 Å². The van der Waals surface area contributed by atoms with Crippen LogP contribution in [-0.4, -0.2) is 15.2 Å². The van der Waals surface area contributed by atoms with E-state index in [4.69, 9.17) is 10.0 Å². The van der Waals surface area contributed by atoms with Crippen LogP contribution in [0.25, 0.3) is 0 Å². The maximum absolute atomic E-state index is 11.4. The fraction of sp³-hybridized carbons (Fsp3) is 0.857. The normalized spacial score (nSPS) is 27.3. The van der Waals surface area contributed by atoms with Crippen LogP contribution in [0.4, 0.5) is 0 Å². The van der Waals surface area contributed by atoms with Crippen molar-refractivity contribution in [2.45, 2.75) is 30.4 Å². The summed E-state index contributed by atoms with van der Waals surface area (Å²) in [7, 11) is -2.68. The van der Waals surface area contributed by atoms with Crippen LogP contribution in [0, 0.1) is 16.1 Å². The van der Waals surface area contributed by atoms with E-state index in [0.717, 1.165) is 12.8 Å². The Balaban J connectivity index is 3.06. The van der Waals surface area contributed by atoms with E-state index in [1.54, 1.807) is 0 Å². The molecule has 0 radical (unpaired) electrons. The molecule has 0 bridgehead atoms. The first-order valence-electron chi connectivity index (χ1n) is 3.66. The molecule has 0 spiro atoms. The van der Waals surface area contributed by atoms with Crippen LogP contribution in [0.3, 0.4) is 0 Å². The van der Waals surface area contributed by atoms with Crippen molar-refractivity contribution in [1.29, 1.82) is 10.0 Å². The van der Waals surface area contributed by atoms with Crippen molar-refractivity contribution in [3.05, 3.63) is 0 Å². The van der Waals surface area contributed by atoms with Gasteiger partial charge in [-0.1, -0.05) is 12.8 Å². The molecule has 11 heavy (non-hydrogen) atoms. The molecule has 0 aromatic heterocycles. The number of hydrogen-bond donors (Lipinski definition) is 1. The molecule has 1 aliphatic carbocycles. The number of nitriles is 1. The van der Waals surface area contributed by atoms with E-state index in [-0.39, 0.29) is 0 Å². The first kappa shape index (κ1) is 8.54. The molecule has 0 aromatic carbocycles. The maximum Gasteiger partial charge on any atom is 0.140 e. The highest BCUT2D eigenvalue weighted by Gasteiger charge is 2.40. The average Bonchev–Trinajstić information content (AvgIpc) is 2.33. The van der Waals surface area contributed by atoms with Crippen molar-refractivity contribution >= 4 is 9.73 Å². The molecular weight excluding hydrogens is 160 g/mol. The van der Waals surface area contributed by atoms with Gasteiger partial charge in [-0.3, -0.25) is 4.78 Å². The van der Waals surface area contributed by atoms with Crippen LogP contribution in [0.15, 0.2) is 0 Å². The van der Waals surface area contributed by atoms with E-state index in [0.29, 0.717) is 12.8 Å². The fourth-order valence-electron chi connectivity index (χ4n) is 1.53. The van der Waals surface area contributed by atoms with Gasteiger partial charge < -0.3 is 0 Å². The summed E-state index contributed by atoms with van der Waals surface area (Å²) in [6.45, 7) is 0. The van der Waals surface area contributed by atoms with Gasteiger partial charge in [0.05, 0.1) is 15.8 Å². The van der Waals surface area contributed by atoms with Gasteiger partial charge in [0.1, 0.15) is 4.75 Å². The van der Waals surface area contributed by atoms with Gasteiger partial charge in [0.15, 0.2) is 0 Å². The minimum Gasteiger partial charge on any atom is -0.252 e. The molecule has 0 aliphatic heterocycles. The molecule has 1 unspecified atom stereocenters. The lowest BCUT2D eigenvalue weighted by molar-refractivity contribution is 0.636. The predicted octanol–water partition coefficient (Wildman–Crippen LogP) is 1.50. The summed E-state index contributed by atoms with van der Waals surface area (Å²) in [6.07, 6.45) is 4.54. The van der Waals surface area contributed by atoms with E-state index >= 15 is 0 Å².